The van der Waals surface area contributed by atoms with Gasteiger partial charge in [0.05, 0.1) is 6.61 Å². The van der Waals surface area contributed by atoms with E-state index in [-0.39, 0.29) is 89.3 Å². The maximum absolute atomic E-state index is 14.3. The van der Waals surface area contributed by atoms with E-state index in [1.54, 1.807) is 30.3 Å². The predicted octanol–water partition coefficient (Wildman–Crippen LogP) is -4.33. The molecule has 69 heavy (non-hydrogen) atoms. The van der Waals surface area contributed by atoms with Crippen LogP contribution >= 0.6 is 0 Å². The minimum Gasteiger partial charge on any atom is -0.480 e. The number of rotatable bonds is 36. The average molecular weight is 977 g/mol. The molecule has 388 valence electrons. The Morgan fingerprint density at radius 3 is 1.46 bits per heavy atom. The summed E-state index contributed by atoms with van der Waals surface area (Å²) in [5, 5.41) is 37.9. The second kappa shape index (κ2) is 33.9. The van der Waals surface area contributed by atoms with Crippen molar-refractivity contribution in [1.29, 1.82) is 0 Å². The van der Waals surface area contributed by atoms with Crippen molar-refractivity contribution in [2.75, 3.05) is 32.8 Å². The van der Waals surface area contributed by atoms with E-state index in [2.05, 4.69) is 42.2 Å². The van der Waals surface area contributed by atoms with Gasteiger partial charge in [-0.05, 0) is 88.8 Å². The number of aliphatic carboxylic acids is 1. The molecule has 0 aliphatic rings. The normalized spacial score (nSPS) is 14.0. The quantitative estimate of drug-likeness (QED) is 0.0172. The Labute approximate surface area is 402 Å². The third kappa shape index (κ3) is 25.5. The average Bonchev–Trinajstić information content (AvgIpc) is 3.29. The Balaban J connectivity index is 3.52. The van der Waals surface area contributed by atoms with Crippen molar-refractivity contribution < 1.29 is 53.4 Å². The lowest BCUT2D eigenvalue weighted by atomic mass is 10.0. The van der Waals surface area contributed by atoms with Gasteiger partial charge in [0.25, 0.3) is 0 Å². The number of hydrogen-bond acceptors (Lipinski definition) is 14. The van der Waals surface area contributed by atoms with E-state index in [4.69, 9.17) is 34.4 Å². The lowest BCUT2D eigenvalue weighted by Crippen LogP contribution is -2.61. The van der Waals surface area contributed by atoms with Crippen molar-refractivity contribution in [2.24, 2.45) is 45.3 Å². The third-order valence-electron chi connectivity index (χ3n) is 10.5. The molecule has 1 aromatic rings. The van der Waals surface area contributed by atoms with Gasteiger partial charge in [0, 0.05) is 32.4 Å². The highest BCUT2D eigenvalue weighted by Gasteiger charge is 2.34. The molecule has 0 aliphatic carbocycles. The van der Waals surface area contributed by atoms with E-state index in [0.717, 1.165) is 0 Å². The van der Waals surface area contributed by atoms with Crippen molar-refractivity contribution in [3.63, 3.8) is 0 Å². The van der Waals surface area contributed by atoms with E-state index in [1.807, 2.05) is 13.8 Å². The standard InChI is InChI=1S/C44H76N14O11/c1-26(2)23-32(56-37(62)28(13-6-8-19-45)52-36(61)18-21-47)40(65)53-30(15-10-22-51-44(49)50)39(64)57-33(24-27-11-4-3-5-12-27)41(66)58-34(25-59)42(67)54-29(14-7-9-20-46)38(63)55-31(43(68)69)16-17-35(48)60/h3-5,11-12,26,28-34,59H,6-10,13-25,45-47H2,1-2H3,(H2,48,60)(H,52,61)(H,53,65)(H,54,67)(H,55,63)(H,56,62)(H,57,64)(H,58,66)(H,68,69)(H4,49,50,51)/t28-,29-,30-,31-,32-,33-,34-/m0/s1. The molecule has 7 atom stereocenters. The number of nitrogens with two attached hydrogens (primary N) is 6. The number of hydrogen-bond donors (Lipinski definition) is 15. The summed E-state index contributed by atoms with van der Waals surface area (Å²) in [6.07, 6.45) is 1.40. The summed E-state index contributed by atoms with van der Waals surface area (Å²) in [6.45, 7) is 3.37. The van der Waals surface area contributed by atoms with Gasteiger partial charge in [-0.15, -0.1) is 0 Å². The highest BCUT2D eigenvalue weighted by atomic mass is 16.4. The van der Waals surface area contributed by atoms with Crippen molar-refractivity contribution in [3.05, 3.63) is 35.9 Å². The fourth-order valence-electron chi connectivity index (χ4n) is 6.83. The molecule has 1 aromatic carbocycles. The molecule has 0 radical (unpaired) electrons. The van der Waals surface area contributed by atoms with Gasteiger partial charge in [0.1, 0.15) is 42.3 Å². The van der Waals surface area contributed by atoms with E-state index < -0.39 is 102 Å². The maximum atomic E-state index is 14.3. The van der Waals surface area contributed by atoms with Crippen LogP contribution in [0.4, 0.5) is 0 Å². The van der Waals surface area contributed by atoms with E-state index in [9.17, 15) is 53.4 Å². The number of carboxylic acids is 1. The van der Waals surface area contributed by atoms with Crippen molar-refractivity contribution >= 4 is 59.2 Å². The number of nitrogens with zero attached hydrogens (tertiary/aromatic N) is 1. The van der Waals surface area contributed by atoms with Crippen LogP contribution in [0.2, 0.25) is 0 Å². The third-order valence-corrected chi connectivity index (χ3v) is 10.5. The molecule has 0 unspecified atom stereocenters. The van der Waals surface area contributed by atoms with Gasteiger partial charge >= 0.3 is 5.97 Å². The Kier molecular flexibility index (Phi) is 29.8. The molecule has 0 fully saturated rings. The zero-order chi connectivity index (χ0) is 51.9. The molecule has 0 saturated carbocycles. The van der Waals surface area contributed by atoms with Crippen LogP contribution in [-0.2, 0) is 49.6 Å². The molecule has 0 spiro atoms. The van der Waals surface area contributed by atoms with Crippen LogP contribution < -0.4 is 71.6 Å². The predicted molar refractivity (Wildman–Crippen MR) is 256 cm³/mol. The number of primary amides is 1. The van der Waals surface area contributed by atoms with Gasteiger partial charge in [-0.25, -0.2) is 4.79 Å². The van der Waals surface area contributed by atoms with Gasteiger partial charge in [-0.1, -0.05) is 44.2 Å². The lowest BCUT2D eigenvalue weighted by molar-refractivity contribution is -0.142. The summed E-state index contributed by atoms with van der Waals surface area (Å²) in [5.41, 5.74) is 33.5. The summed E-state index contributed by atoms with van der Waals surface area (Å²) in [6, 6.07) is -1.12. The number of guanidine groups is 1. The summed E-state index contributed by atoms with van der Waals surface area (Å²) >= 11 is 0. The minimum atomic E-state index is -1.70. The molecule has 8 amide bonds. The van der Waals surface area contributed by atoms with Gasteiger partial charge in [0.2, 0.25) is 47.3 Å². The molecule has 0 aliphatic heterocycles. The Morgan fingerprint density at radius 2 is 0.986 bits per heavy atom. The van der Waals surface area contributed by atoms with Crippen LogP contribution in [0.5, 0.6) is 0 Å². The molecule has 0 aromatic heterocycles. The van der Waals surface area contributed by atoms with Crippen LogP contribution in [0.15, 0.2) is 35.3 Å². The second-order valence-electron chi connectivity index (χ2n) is 16.9. The number of aliphatic hydroxyl groups is 1. The van der Waals surface area contributed by atoms with Gasteiger partial charge in [0.15, 0.2) is 5.96 Å². The molecule has 25 nitrogen and oxygen atoms in total. The zero-order valence-electron chi connectivity index (χ0n) is 39.7. The van der Waals surface area contributed by atoms with E-state index in [1.165, 1.54) is 0 Å². The first-order valence-electron chi connectivity index (χ1n) is 23.2. The molecular weight excluding hydrogens is 901 g/mol. The number of amides is 8. The number of carboxylic acid groups (broad SMARTS) is 1. The first kappa shape index (κ1) is 60.6. The van der Waals surface area contributed by atoms with Gasteiger partial charge in [-0.2, -0.15) is 0 Å². The number of aliphatic imine (C=N–C) groups is 1. The molecule has 1 rings (SSSR count). The van der Waals surface area contributed by atoms with Crippen LogP contribution in [0.25, 0.3) is 0 Å². The topological polar surface area (TPSA) is 447 Å². The fourth-order valence-corrected chi connectivity index (χ4v) is 6.83. The Bertz CT molecular complexity index is 1830. The fraction of sp³-hybridized carbons (Fsp3) is 0.636. The molecule has 0 saturated heterocycles. The highest BCUT2D eigenvalue weighted by molar-refractivity contribution is 5.97. The number of nitrogens with one attached hydrogen (secondary N) is 7. The van der Waals surface area contributed by atoms with Crippen molar-refractivity contribution in [3.8, 4) is 0 Å². The first-order chi connectivity index (χ1) is 32.8. The maximum Gasteiger partial charge on any atom is 0.326 e. The molecule has 0 bridgehead atoms. The largest absolute Gasteiger partial charge is 0.480 e. The highest BCUT2D eigenvalue weighted by Crippen LogP contribution is 2.12. The van der Waals surface area contributed by atoms with Gasteiger partial charge in [-0.3, -0.25) is 43.3 Å². The Morgan fingerprint density at radius 1 is 0.536 bits per heavy atom. The molecule has 25 heteroatoms. The monoisotopic (exact) mass is 977 g/mol. The number of benzene rings is 1. The summed E-state index contributed by atoms with van der Waals surface area (Å²) in [7, 11) is 0. The summed E-state index contributed by atoms with van der Waals surface area (Å²) in [5.74, 6) is -8.19. The number of carbonyl (C=O) groups is 9. The SMILES string of the molecule is CC(C)C[C@H](NC(=O)[C@H](CCCCN)NC(=O)CCN)C(=O)N[C@@H](CCCN=C(N)N)C(=O)N[C@@H](Cc1ccccc1)C(=O)N[C@@H](CO)C(=O)N[C@@H](CCCCN)C(=O)N[C@@H](CCC(N)=O)C(=O)O. The second-order valence-corrected chi connectivity index (χ2v) is 16.9. The van der Waals surface area contributed by atoms with Crippen LogP contribution in [0.1, 0.15) is 96.5 Å². The minimum absolute atomic E-state index is 0.0194. The number of carbonyl (C=O) groups excluding carboxylic acids is 8. The first-order valence-corrected chi connectivity index (χ1v) is 23.2. The molecule has 0 heterocycles. The molecule has 21 N–H and O–H groups in total. The zero-order valence-corrected chi connectivity index (χ0v) is 39.7. The molecular formula is C44H76N14O11. The lowest BCUT2D eigenvalue weighted by Gasteiger charge is -2.28. The van der Waals surface area contributed by atoms with Crippen molar-refractivity contribution in [2.45, 2.75) is 140 Å². The van der Waals surface area contributed by atoms with E-state index in [0.29, 0.717) is 37.8 Å². The van der Waals surface area contributed by atoms with Crippen LogP contribution in [0.3, 0.4) is 0 Å². The smallest absolute Gasteiger partial charge is 0.326 e. The Hall–Kier alpha value is -6.44. The van der Waals surface area contributed by atoms with Gasteiger partial charge < -0.3 is 81.8 Å². The number of aliphatic hydroxyl groups excluding tert-OH is 1. The number of unbranched alkanes of at least 4 members (excludes halogenated alkanes) is 2. The van der Waals surface area contributed by atoms with Crippen LogP contribution in [0, 0.1) is 5.92 Å². The van der Waals surface area contributed by atoms with Crippen molar-refractivity contribution in [1.82, 2.24) is 37.2 Å². The summed E-state index contributed by atoms with van der Waals surface area (Å²) < 4.78 is 0. The summed E-state index contributed by atoms with van der Waals surface area (Å²) in [4.78, 5) is 123. The van der Waals surface area contributed by atoms with E-state index >= 15 is 0 Å². The van der Waals surface area contributed by atoms with Crippen LogP contribution in [-0.4, -0.2) is 144 Å².